The van der Waals surface area contributed by atoms with Gasteiger partial charge in [0.05, 0.1) is 36.4 Å². The molecule has 1 aromatic heterocycles. The number of hydrogen-bond acceptors (Lipinski definition) is 4. The van der Waals surface area contributed by atoms with Crippen molar-refractivity contribution in [1.82, 2.24) is 20.6 Å². The summed E-state index contributed by atoms with van der Waals surface area (Å²) in [5.41, 5.74) is 2.85. The highest BCUT2D eigenvalue weighted by atomic mass is 16.3. The molecular formula is C15H18N4O2. The number of aromatic amines is 1. The monoisotopic (exact) mass is 286 g/mol. The highest BCUT2D eigenvalue weighted by molar-refractivity contribution is 5.82. The van der Waals surface area contributed by atoms with Crippen molar-refractivity contribution >= 4 is 5.91 Å². The minimum atomic E-state index is -0.388. The Bertz CT molecular complexity index is 611. The van der Waals surface area contributed by atoms with Gasteiger partial charge < -0.3 is 15.4 Å². The lowest BCUT2D eigenvalue weighted by Crippen LogP contribution is -2.49. The fourth-order valence-electron chi connectivity index (χ4n) is 2.55. The predicted octanol–water partition coefficient (Wildman–Crippen LogP) is 0.274. The molecule has 0 saturated carbocycles. The molecule has 1 amide bonds. The van der Waals surface area contributed by atoms with Crippen LogP contribution in [0.15, 0.2) is 36.7 Å². The van der Waals surface area contributed by atoms with Crippen molar-refractivity contribution in [3.63, 3.8) is 0 Å². The van der Waals surface area contributed by atoms with E-state index in [-0.39, 0.29) is 24.6 Å². The number of aromatic nitrogens is 2. The molecule has 110 valence electrons. The Kier molecular flexibility index (Phi) is 3.98. The highest BCUT2D eigenvalue weighted by Gasteiger charge is 2.27. The van der Waals surface area contributed by atoms with Crippen LogP contribution in [0, 0.1) is 0 Å². The normalized spacial score (nSPS) is 18.8. The number of carbonyl (C=O) groups is 1. The zero-order valence-corrected chi connectivity index (χ0v) is 11.5. The molecule has 0 bridgehead atoms. The number of carbonyl (C=O) groups excluding carboxylic acids is 1. The first-order valence-corrected chi connectivity index (χ1v) is 6.98. The number of benzene rings is 1. The van der Waals surface area contributed by atoms with Gasteiger partial charge in [0.2, 0.25) is 5.91 Å². The van der Waals surface area contributed by atoms with Crippen molar-refractivity contribution < 1.29 is 9.90 Å². The molecule has 2 heterocycles. The number of hydrogen-bond donors (Lipinski definition) is 4. The third-order valence-electron chi connectivity index (χ3n) is 3.75. The van der Waals surface area contributed by atoms with Crippen molar-refractivity contribution in [2.45, 2.75) is 25.0 Å². The summed E-state index contributed by atoms with van der Waals surface area (Å²) in [5, 5.41) is 15.6. The minimum Gasteiger partial charge on any atom is -0.394 e. The van der Waals surface area contributed by atoms with Crippen molar-refractivity contribution in [1.29, 1.82) is 0 Å². The molecule has 6 heteroatoms. The Labute approximate surface area is 122 Å². The van der Waals surface area contributed by atoms with Crippen molar-refractivity contribution in [3.8, 4) is 0 Å². The molecule has 21 heavy (non-hydrogen) atoms. The topological polar surface area (TPSA) is 90.0 Å². The Morgan fingerprint density at radius 2 is 2.24 bits per heavy atom. The number of rotatable bonds is 4. The molecule has 1 aliphatic heterocycles. The van der Waals surface area contributed by atoms with E-state index in [2.05, 4.69) is 20.6 Å². The van der Waals surface area contributed by atoms with E-state index in [4.69, 9.17) is 0 Å². The smallest absolute Gasteiger partial charge is 0.238 e. The second-order valence-electron chi connectivity index (χ2n) is 5.12. The van der Waals surface area contributed by atoms with Crippen LogP contribution in [-0.2, 0) is 17.8 Å². The van der Waals surface area contributed by atoms with Gasteiger partial charge in [0.15, 0.2) is 0 Å². The average Bonchev–Trinajstić information content (AvgIpc) is 3.00. The van der Waals surface area contributed by atoms with Crippen molar-refractivity contribution in [2.24, 2.45) is 0 Å². The second kappa shape index (κ2) is 6.07. The molecule has 3 rings (SSSR count). The molecule has 2 aromatic rings. The number of nitrogens with one attached hydrogen (secondary N) is 3. The van der Waals surface area contributed by atoms with Crippen LogP contribution in [-0.4, -0.2) is 33.6 Å². The summed E-state index contributed by atoms with van der Waals surface area (Å²) in [4.78, 5) is 19.6. The highest BCUT2D eigenvalue weighted by Crippen LogP contribution is 2.15. The number of aliphatic hydroxyl groups is 1. The van der Waals surface area contributed by atoms with E-state index in [0.717, 1.165) is 17.0 Å². The summed E-state index contributed by atoms with van der Waals surface area (Å²) in [6, 6.07) is 8.75. The van der Waals surface area contributed by atoms with E-state index in [1.54, 1.807) is 6.33 Å². The van der Waals surface area contributed by atoms with Crippen LogP contribution in [0.5, 0.6) is 0 Å². The standard InChI is InChI=1S/C15H18N4O2/c20-8-14(10-4-2-1-3-5-10)19-15(21)12-6-11-13(7-16-12)18-9-17-11/h1-5,9,12,14,16,20H,6-8H2,(H,17,18)(H,19,21)/t12?,14-/m1/s1. The van der Waals surface area contributed by atoms with Crippen LogP contribution in [0.2, 0.25) is 0 Å². The van der Waals surface area contributed by atoms with Crippen molar-refractivity contribution in [3.05, 3.63) is 53.6 Å². The van der Waals surface area contributed by atoms with Crippen LogP contribution in [0.1, 0.15) is 23.0 Å². The molecule has 0 fully saturated rings. The fraction of sp³-hybridized carbons (Fsp3) is 0.333. The number of aliphatic hydroxyl groups excluding tert-OH is 1. The maximum Gasteiger partial charge on any atom is 0.238 e. The molecule has 1 aliphatic rings. The van der Waals surface area contributed by atoms with E-state index in [9.17, 15) is 9.90 Å². The van der Waals surface area contributed by atoms with Crippen molar-refractivity contribution in [2.75, 3.05) is 6.61 Å². The summed E-state index contributed by atoms with van der Waals surface area (Å²) in [6.07, 6.45) is 2.20. The van der Waals surface area contributed by atoms with Gasteiger partial charge in [-0.2, -0.15) is 0 Å². The summed E-state index contributed by atoms with van der Waals surface area (Å²) < 4.78 is 0. The number of fused-ring (bicyclic) bond motifs is 1. The second-order valence-corrected chi connectivity index (χ2v) is 5.12. The lowest BCUT2D eigenvalue weighted by Gasteiger charge is -2.25. The molecular weight excluding hydrogens is 268 g/mol. The molecule has 0 radical (unpaired) electrons. The molecule has 0 spiro atoms. The van der Waals surface area contributed by atoms with E-state index in [0.29, 0.717) is 13.0 Å². The number of nitrogens with zero attached hydrogens (tertiary/aromatic N) is 1. The maximum absolute atomic E-state index is 12.3. The summed E-state index contributed by atoms with van der Waals surface area (Å²) in [7, 11) is 0. The molecule has 4 N–H and O–H groups in total. The average molecular weight is 286 g/mol. The molecule has 0 saturated heterocycles. The Morgan fingerprint density at radius 3 is 3.00 bits per heavy atom. The van der Waals surface area contributed by atoms with Gasteiger partial charge in [-0.15, -0.1) is 0 Å². The first-order valence-electron chi connectivity index (χ1n) is 6.98. The lowest BCUT2D eigenvalue weighted by atomic mass is 10.0. The van der Waals surface area contributed by atoms with E-state index < -0.39 is 0 Å². The fourth-order valence-corrected chi connectivity index (χ4v) is 2.55. The quantitative estimate of drug-likeness (QED) is 0.649. The minimum absolute atomic E-state index is 0.119. The van der Waals surface area contributed by atoms with E-state index in [1.807, 2.05) is 30.3 Å². The lowest BCUT2D eigenvalue weighted by molar-refractivity contribution is -0.124. The van der Waals surface area contributed by atoms with Gasteiger partial charge in [0, 0.05) is 13.0 Å². The Hall–Kier alpha value is -2.18. The van der Waals surface area contributed by atoms with Crippen LogP contribution >= 0.6 is 0 Å². The number of H-pyrrole nitrogens is 1. The Morgan fingerprint density at radius 1 is 1.43 bits per heavy atom. The van der Waals surface area contributed by atoms with Crippen LogP contribution in [0.25, 0.3) is 0 Å². The van der Waals surface area contributed by atoms with Crippen LogP contribution < -0.4 is 10.6 Å². The van der Waals surface area contributed by atoms with Gasteiger partial charge >= 0.3 is 0 Å². The van der Waals surface area contributed by atoms with Gasteiger partial charge in [-0.25, -0.2) is 4.98 Å². The summed E-state index contributed by atoms with van der Waals surface area (Å²) >= 11 is 0. The number of amides is 1. The van der Waals surface area contributed by atoms with Gasteiger partial charge in [-0.1, -0.05) is 30.3 Å². The maximum atomic E-state index is 12.3. The first-order chi connectivity index (χ1) is 10.3. The molecule has 1 aromatic carbocycles. The molecule has 0 aliphatic carbocycles. The van der Waals surface area contributed by atoms with Crippen LogP contribution in [0.3, 0.4) is 0 Å². The number of imidazole rings is 1. The molecule has 2 atom stereocenters. The van der Waals surface area contributed by atoms with Crippen LogP contribution in [0.4, 0.5) is 0 Å². The summed E-state index contributed by atoms with van der Waals surface area (Å²) in [5.74, 6) is -0.119. The van der Waals surface area contributed by atoms with E-state index >= 15 is 0 Å². The SMILES string of the molecule is O=C(N[C@H](CO)c1ccccc1)C1Cc2nc[nH]c2CN1. The molecule has 6 nitrogen and oxygen atoms in total. The summed E-state index contributed by atoms with van der Waals surface area (Å²) in [6.45, 7) is 0.471. The first kappa shape index (κ1) is 13.8. The van der Waals surface area contributed by atoms with Gasteiger partial charge in [0.1, 0.15) is 0 Å². The molecule has 1 unspecified atom stereocenters. The van der Waals surface area contributed by atoms with Gasteiger partial charge in [0.25, 0.3) is 0 Å². The third-order valence-corrected chi connectivity index (χ3v) is 3.75. The Balaban J connectivity index is 1.66. The largest absolute Gasteiger partial charge is 0.394 e. The van der Waals surface area contributed by atoms with E-state index in [1.165, 1.54) is 0 Å². The zero-order chi connectivity index (χ0) is 14.7. The van der Waals surface area contributed by atoms with Gasteiger partial charge in [-0.05, 0) is 5.56 Å². The predicted molar refractivity (Wildman–Crippen MR) is 77.3 cm³/mol. The third kappa shape index (κ3) is 2.96. The van der Waals surface area contributed by atoms with Gasteiger partial charge in [-0.3, -0.25) is 10.1 Å². The zero-order valence-electron chi connectivity index (χ0n) is 11.5.